The van der Waals surface area contributed by atoms with E-state index in [0.29, 0.717) is 35.7 Å². The third kappa shape index (κ3) is 3.85. The molecule has 0 unspecified atom stereocenters. The molecule has 0 bridgehead atoms. The van der Waals surface area contributed by atoms with E-state index < -0.39 is 0 Å². The zero-order valence-corrected chi connectivity index (χ0v) is 14.0. The normalized spacial score (nSPS) is 10.6. The summed E-state index contributed by atoms with van der Waals surface area (Å²) >= 11 is 0. The van der Waals surface area contributed by atoms with E-state index in [4.69, 9.17) is 0 Å². The van der Waals surface area contributed by atoms with Crippen LogP contribution in [0.25, 0.3) is 5.65 Å². The number of carbonyl (C=O) groups is 1. The summed E-state index contributed by atoms with van der Waals surface area (Å²) in [5, 5.41) is 6.08. The van der Waals surface area contributed by atoms with Gasteiger partial charge >= 0.3 is 0 Å². The molecule has 1 aromatic carbocycles. The van der Waals surface area contributed by atoms with E-state index in [9.17, 15) is 9.59 Å². The highest BCUT2D eigenvalue weighted by molar-refractivity contribution is 5.99. The first kappa shape index (κ1) is 16.7. The molecular formula is C19H20N4O2. The van der Waals surface area contributed by atoms with Crippen molar-refractivity contribution in [2.45, 2.75) is 19.9 Å². The lowest BCUT2D eigenvalue weighted by atomic mass is 10.1. The van der Waals surface area contributed by atoms with Crippen molar-refractivity contribution in [3.63, 3.8) is 0 Å². The Morgan fingerprint density at radius 2 is 1.96 bits per heavy atom. The fourth-order valence-electron chi connectivity index (χ4n) is 2.55. The molecule has 6 heteroatoms. The van der Waals surface area contributed by atoms with Crippen LogP contribution in [0.1, 0.15) is 29.4 Å². The van der Waals surface area contributed by atoms with Gasteiger partial charge in [-0.15, -0.1) is 0 Å². The van der Waals surface area contributed by atoms with Crippen LogP contribution in [0.3, 0.4) is 0 Å². The maximum atomic E-state index is 12.2. The average Bonchev–Trinajstić information content (AvgIpc) is 2.65. The number of hydrogen-bond acceptors (Lipinski definition) is 4. The Kier molecular flexibility index (Phi) is 5.09. The Balaban J connectivity index is 1.80. The van der Waals surface area contributed by atoms with Crippen LogP contribution in [0.15, 0.2) is 59.5 Å². The molecule has 6 nitrogen and oxygen atoms in total. The number of para-hydroxylation sites is 1. The topological polar surface area (TPSA) is 75.5 Å². The molecule has 0 fully saturated rings. The SMILES string of the molecule is CCCNC(=O)c1ccccc1NCc1cc(=O)n2ccccc2n1. The highest BCUT2D eigenvalue weighted by atomic mass is 16.1. The summed E-state index contributed by atoms with van der Waals surface area (Å²) < 4.78 is 1.50. The fourth-order valence-corrected chi connectivity index (χ4v) is 2.55. The third-order valence-electron chi connectivity index (χ3n) is 3.79. The van der Waals surface area contributed by atoms with Gasteiger partial charge in [-0.05, 0) is 30.7 Å². The minimum atomic E-state index is -0.128. The molecular weight excluding hydrogens is 316 g/mol. The van der Waals surface area contributed by atoms with Gasteiger partial charge in [0.15, 0.2) is 0 Å². The van der Waals surface area contributed by atoms with Crippen LogP contribution in [0, 0.1) is 0 Å². The molecule has 3 aromatic rings. The lowest BCUT2D eigenvalue weighted by Crippen LogP contribution is -2.25. The second-order valence-corrected chi connectivity index (χ2v) is 5.67. The maximum absolute atomic E-state index is 12.2. The third-order valence-corrected chi connectivity index (χ3v) is 3.79. The van der Waals surface area contributed by atoms with Gasteiger partial charge in [-0.25, -0.2) is 4.98 Å². The first-order valence-electron chi connectivity index (χ1n) is 8.27. The van der Waals surface area contributed by atoms with Crippen molar-refractivity contribution in [3.05, 3.63) is 76.3 Å². The number of hydrogen-bond donors (Lipinski definition) is 2. The first-order valence-corrected chi connectivity index (χ1v) is 8.27. The molecule has 0 saturated heterocycles. The van der Waals surface area contributed by atoms with Gasteiger partial charge in [0.1, 0.15) is 5.65 Å². The number of carbonyl (C=O) groups excluding carboxylic acids is 1. The van der Waals surface area contributed by atoms with Crippen LogP contribution in [-0.2, 0) is 6.54 Å². The second kappa shape index (κ2) is 7.61. The molecule has 2 aromatic heterocycles. The Bertz CT molecular complexity index is 949. The monoisotopic (exact) mass is 336 g/mol. The predicted octanol–water partition coefficient (Wildman–Crippen LogP) is 2.45. The minimum Gasteiger partial charge on any atom is -0.379 e. The number of fused-ring (bicyclic) bond motifs is 1. The number of rotatable bonds is 6. The van der Waals surface area contributed by atoms with Gasteiger partial charge in [0.25, 0.3) is 11.5 Å². The van der Waals surface area contributed by atoms with E-state index in [0.717, 1.165) is 6.42 Å². The van der Waals surface area contributed by atoms with Crippen LogP contribution in [0.5, 0.6) is 0 Å². The predicted molar refractivity (Wildman–Crippen MR) is 97.9 cm³/mol. The molecule has 0 aliphatic rings. The standard InChI is InChI=1S/C19H20N4O2/c1-2-10-20-19(25)15-7-3-4-8-16(15)21-13-14-12-18(24)23-11-6-5-9-17(23)22-14/h3-9,11-12,21H,2,10,13H2,1H3,(H,20,25). The number of nitrogens with one attached hydrogen (secondary N) is 2. The molecule has 128 valence electrons. The number of amides is 1. The van der Waals surface area contributed by atoms with Crippen molar-refractivity contribution in [2.75, 3.05) is 11.9 Å². The molecule has 0 aliphatic carbocycles. The molecule has 25 heavy (non-hydrogen) atoms. The summed E-state index contributed by atoms with van der Waals surface area (Å²) in [5.41, 5.74) is 2.39. The van der Waals surface area contributed by atoms with Gasteiger partial charge in [0.2, 0.25) is 0 Å². The lowest BCUT2D eigenvalue weighted by molar-refractivity contribution is 0.0954. The summed E-state index contributed by atoms with van der Waals surface area (Å²) in [6.07, 6.45) is 2.57. The van der Waals surface area contributed by atoms with E-state index in [2.05, 4.69) is 15.6 Å². The first-order chi connectivity index (χ1) is 12.2. The van der Waals surface area contributed by atoms with Crippen molar-refractivity contribution >= 4 is 17.2 Å². The molecule has 3 rings (SSSR count). The zero-order chi connectivity index (χ0) is 17.6. The highest BCUT2D eigenvalue weighted by Gasteiger charge is 2.10. The molecule has 0 spiro atoms. The molecule has 0 saturated carbocycles. The van der Waals surface area contributed by atoms with E-state index >= 15 is 0 Å². The van der Waals surface area contributed by atoms with Gasteiger partial charge in [-0.1, -0.05) is 25.1 Å². The molecule has 0 aliphatic heterocycles. The van der Waals surface area contributed by atoms with Crippen molar-refractivity contribution in [2.24, 2.45) is 0 Å². The second-order valence-electron chi connectivity index (χ2n) is 5.67. The summed E-state index contributed by atoms with van der Waals surface area (Å²) in [4.78, 5) is 28.9. The molecule has 0 atom stereocenters. The van der Waals surface area contributed by atoms with Crippen molar-refractivity contribution < 1.29 is 4.79 Å². The largest absolute Gasteiger partial charge is 0.379 e. The summed E-state index contributed by atoms with van der Waals surface area (Å²) in [7, 11) is 0. The fraction of sp³-hybridized carbons (Fsp3) is 0.211. The smallest absolute Gasteiger partial charge is 0.258 e. The number of pyridine rings is 1. The Morgan fingerprint density at radius 1 is 1.16 bits per heavy atom. The Labute approximate surface area is 145 Å². The summed E-state index contributed by atoms with van der Waals surface area (Å²) in [5.74, 6) is -0.114. The zero-order valence-electron chi connectivity index (χ0n) is 14.0. The van der Waals surface area contributed by atoms with Crippen LogP contribution in [-0.4, -0.2) is 21.8 Å². The summed E-state index contributed by atoms with van der Waals surface area (Å²) in [6.45, 7) is 3.00. The molecule has 0 radical (unpaired) electrons. The van der Waals surface area contributed by atoms with Crippen LogP contribution in [0.2, 0.25) is 0 Å². The lowest BCUT2D eigenvalue weighted by Gasteiger charge is -2.12. The van der Waals surface area contributed by atoms with Gasteiger partial charge in [0, 0.05) is 24.5 Å². The number of benzene rings is 1. The maximum Gasteiger partial charge on any atom is 0.258 e. The number of aromatic nitrogens is 2. The number of anilines is 1. The average molecular weight is 336 g/mol. The Morgan fingerprint density at radius 3 is 2.80 bits per heavy atom. The van der Waals surface area contributed by atoms with Crippen LogP contribution < -0.4 is 16.2 Å². The van der Waals surface area contributed by atoms with Gasteiger partial charge in [0.05, 0.1) is 17.8 Å². The highest BCUT2D eigenvalue weighted by Crippen LogP contribution is 2.15. The number of nitrogens with zero attached hydrogens (tertiary/aromatic N) is 2. The molecule has 2 heterocycles. The van der Waals surface area contributed by atoms with Gasteiger partial charge in [-0.3, -0.25) is 14.0 Å². The van der Waals surface area contributed by atoms with Crippen LogP contribution in [0.4, 0.5) is 5.69 Å². The minimum absolute atomic E-state index is 0.114. The summed E-state index contributed by atoms with van der Waals surface area (Å²) in [6, 6.07) is 14.2. The van der Waals surface area contributed by atoms with E-state index in [1.165, 1.54) is 10.5 Å². The van der Waals surface area contributed by atoms with Crippen molar-refractivity contribution in [1.29, 1.82) is 0 Å². The van der Waals surface area contributed by atoms with Gasteiger partial charge < -0.3 is 10.6 Å². The van der Waals surface area contributed by atoms with E-state index in [1.807, 2.05) is 31.2 Å². The van der Waals surface area contributed by atoms with Gasteiger partial charge in [-0.2, -0.15) is 0 Å². The molecule has 2 N–H and O–H groups in total. The van der Waals surface area contributed by atoms with Crippen molar-refractivity contribution in [1.82, 2.24) is 14.7 Å². The van der Waals surface area contributed by atoms with Crippen molar-refractivity contribution in [3.8, 4) is 0 Å². The van der Waals surface area contributed by atoms with E-state index in [1.54, 1.807) is 24.4 Å². The van der Waals surface area contributed by atoms with Crippen LogP contribution >= 0.6 is 0 Å². The Hall–Kier alpha value is -3.15. The molecule has 1 amide bonds. The quantitative estimate of drug-likeness (QED) is 0.725. The van der Waals surface area contributed by atoms with E-state index in [-0.39, 0.29) is 11.5 Å².